The van der Waals surface area contributed by atoms with Gasteiger partial charge in [-0.05, 0) is 43.7 Å². The fourth-order valence-electron chi connectivity index (χ4n) is 3.35. The molecule has 0 aliphatic carbocycles. The zero-order valence-corrected chi connectivity index (χ0v) is 14.2. The second kappa shape index (κ2) is 7.66. The minimum Gasteiger partial charge on any atom is -0.508 e. The van der Waals surface area contributed by atoms with Gasteiger partial charge in [-0.15, -0.1) is 0 Å². The molecule has 1 saturated heterocycles. The molecule has 1 aliphatic rings. The van der Waals surface area contributed by atoms with Gasteiger partial charge in [-0.2, -0.15) is 0 Å². The predicted octanol–water partition coefficient (Wildman–Crippen LogP) is 3.63. The van der Waals surface area contributed by atoms with Gasteiger partial charge in [0.25, 0.3) is 0 Å². The third-order valence-electron chi connectivity index (χ3n) is 4.70. The van der Waals surface area contributed by atoms with Gasteiger partial charge in [-0.25, -0.2) is 4.39 Å². The van der Waals surface area contributed by atoms with Crippen molar-refractivity contribution in [2.45, 2.75) is 19.4 Å². The highest BCUT2D eigenvalue weighted by molar-refractivity contribution is 5.98. The maximum absolute atomic E-state index is 13.9. The van der Waals surface area contributed by atoms with Crippen molar-refractivity contribution in [1.29, 1.82) is 0 Å². The van der Waals surface area contributed by atoms with Crippen LogP contribution in [-0.4, -0.2) is 36.0 Å². The molecular formula is C20H22FNO3. The topological polar surface area (TPSA) is 49.8 Å². The molecule has 1 aliphatic heterocycles. The summed E-state index contributed by atoms with van der Waals surface area (Å²) in [5, 5.41) is 9.93. The molecule has 25 heavy (non-hydrogen) atoms. The van der Waals surface area contributed by atoms with Crippen LogP contribution in [0.4, 0.5) is 4.39 Å². The molecule has 3 rings (SSSR count). The molecule has 0 radical (unpaired) electrons. The number of phenolic OH excluding ortho intramolecular Hbond substituents is 1. The molecule has 0 saturated carbocycles. The number of piperidine rings is 1. The Morgan fingerprint density at radius 1 is 1.32 bits per heavy atom. The lowest BCUT2D eigenvalue weighted by atomic mass is 9.89. The number of aromatic hydroxyl groups is 1. The monoisotopic (exact) mass is 343 g/mol. The van der Waals surface area contributed by atoms with Crippen LogP contribution in [0.1, 0.15) is 28.8 Å². The molecule has 5 heteroatoms. The second-order valence-electron chi connectivity index (χ2n) is 6.42. The van der Waals surface area contributed by atoms with Crippen molar-refractivity contribution in [3.05, 3.63) is 59.4 Å². The van der Waals surface area contributed by atoms with Crippen LogP contribution < -0.4 is 4.74 Å². The summed E-state index contributed by atoms with van der Waals surface area (Å²) >= 11 is 0. The number of hydrogen-bond acceptors (Lipinski definition) is 4. The Balaban J connectivity index is 1.69. The summed E-state index contributed by atoms with van der Waals surface area (Å²) in [6.07, 6.45) is 1.70. The molecule has 0 unspecified atom stereocenters. The molecular weight excluding hydrogens is 321 g/mol. The van der Waals surface area contributed by atoms with Crippen molar-refractivity contribution < 1.29 is 19.0 Å². The van der Waals surface area contributed by atoms with Crippen LogP contribution in [0.25, 0.3) is 0 Å². The van der Waals surface area contributed by atoms with Crippen LogP contribution in [0.15, 0.2) is 42.5 Å². The third kappa shape index (κ3) is 3.99. The van der Waals surface area contributed by atoms with Gasteiger partial charge in [0.05, 0.1) is 7.11 Å². The highest BCUT2D eigenvalue weighted by Gasteiger charge is 2.27. The van der Waals surface area contributed by atoms with E-state index in [1.165, 1.54) is 19.2 Å². The maximum Gasteiger partial charge on any atom is 0.167 e. The van der Waals surface area contributed by atoms with E-state index in [2.05, 4.69) is 4.90 Å². The molecule has 1 fully saturated rings. The summed E-state index contributed by atoms with van der Waals surface area (Å²) < 4.78 is 18.8. The predicted molar refractivity (Wildman–Crippen MR) is 93.4 cm³/mol. The Kier molecular flexibility index (Phi) is 5.34. The average molecular weight is 343 g/mol. The molecule has 4 nitrogen and oxygen atoms in total. The zero-order valence-electron chi connectivity index (χ0n) is 14.2. The number of ether oxygens (including phenoxy) is 1. The average Bonchev–Trinajstić information content (AvgIpc) is 2.63. The second-order valence-corrected chi connectivity index (χ2v) is 6.42. The first-order valence-electron chi connectivity index (χ1n) is 8.45. The van der Waals surface area contributed by atoms with Gasteiger partial charge >= 0.3 is 0 Å². The summed E-state index contributed by atoms with van der Waals surface area (Å²) in [6, 6.07) is 11.6. The number of rotatable bonds is 5. The number of benzene rings is 2. The number of carbonyl (C=O) groups excluding carboxylic acids is 1. The Hall–Kier alpha value is -2.40. The Morgan fingerprint density at radius 3 is 2.84 bits per heavy atom. The standard InChI is InChI=1S/C20H22FNO3/c1-25-19-9-8-14(11-17(19)21)20(24)16-6-4-10-22(13-16)12-15-5-2-3-7-18(15)23/h2-3,5,7-9,11,16,23H,4,6,10,12-13H2,1H3/t16-/m0/s1. The van der Waals surface area contributed by atoms with E-state index in [4.69, 9.17) is 4.74 Å². The van der Waals surface area contributed by atoms with Crippen molar-refractivity contribution in [2.75, 3.05) is 20.2 Å². The summed E-state index contributed by atoms with van der Waals surface area (Å²) in [6.45, 7) is 2.10. The molecule has 2 aromatic carbocycles. The highest BCUT2D eigenvalue weighted by Crippen LogP contribution is 2.26. The number of methoxy groups -OCH3 is 1. The summed E-state index contributed by atoms with van der Waals surface area (Å²) in [5.74, 6) is -0.305. The first-order chi connectivity index (χ1) is 12.1. The van der Waals surface area contributed by atoms with Crippen molar-refractivity contribution in [3.8, 4) is 11.5 Å². The van der Waals surface area contributed by atoms with E-state index < -0.39 is 5.82 Å². The number of para-hydroxylation sites is 1. The van der Waals surface area contributed by atoms with Gasteiger partial charge in [0.15, 0.2) is 17.3 Å². The number of hydrogen-bond donors (Lipinski definition) is 1. The number of phenols is 1. The maximum atomic E-state index is 13.9. The molecule has 0 bridgehead atoms. The molecule has 2 aromatic rings. The number of carbonyl (C=O) groups is 1. The SMILES string of the molecule is COc1ccc(C(=O)[C@H]2CCCN(Cc3ccccc3O)C2)cc1F. The van der Waals surface area contributed by atoms with Crippen molar-refractivity contribution in [3.63, 3.8) is 0 Å². The van der Waals surface area contributed by atoms with E-state index in [1.807, 2.05) is 12.1 Å². The van der Waals surface area contributed by atoms with Crippen molar-refractivity contribution in [2.24, 2.45) is 5.92 Å². The molecule has 1 N–H and O–H groups in total. The fraction of sp³-hybridized carbons (Fsp3) is 0.350. The number of halogens is 1. The van der Waals surface area contributed by atoms with E-state index in [0.29, 0.717) is 18.7 Å². The number of ketones is 1. The van der Waals surface area contributed by atoms with Crippen LogP contribution in [0.2, 0.25) is 0 Å². The normalized spacial score (nSPS) is 18.1. The van der Waals surface area contributed by atoms with Crippen molar-refractivity contribution in [1.82, 2.24) is 4.90 Å². The molecule has 1 heterocycles. The van der Waals surface area contributed by atoms with E-state index >= 15 is 0 Å². The van der Waals surface area contributed by atoms with Crippen LogP contribution >= 0.6 is 0 Å². The smallest absolute Gasteiger partial charge is 0.167 e. The van der Waals surface area contributed by atoms with E-state index in [0.717, 1.165) is 24.9 Å². The summed E-state index contributed by atoms with van der Waals surface area (Å²) in [5.41, 5.74) is 1.23. The Morgan fingerprint density at radius 2 is 2.12 bits per heavy atom. The lowest BCUT2D eigenvalue weighted by Gasteiger charge is -2.32. The largest absolute Gasteiger partial charge is 0.508 e. The van der Waals surface area contributed by atoms with Crippen molar-refractivity contribution >= 4 is 5.78 Å². The minimum atomic E-state index is -0.518. The molecule has 1 atom stereocenters. The van der Waals surface area contributed by atoms with Crippen LogP contribution in [0, 0.1) is 11.7 Å². The van der Waals surface area contributed by atoms with E-state index in [9.17, 15) is 14.3 Å². The Labute approximate surface area is 146 Å². The lowest BCUT2D eigenvalue weighted by Crippen LogP contribution is -2.38. The first-order valence-corrected chi connectivity index (χ1v) is 8.45. The lowest BCUT2D eigenvalue weighted by molar-refractivity contribution is 0.0810. The minimum absolute atomic E-state index is 0.0384. The van der Waals surface area contributed by atoms with E-state index in [-0.39, 0.29) is 23.2 Å². The zero-order chi connectivity index (χ0) is 17.8. The highest BCUT2D eigenvalue weighted by atomic mass is 19.1. The van der Waals surface area contributed by atoms with Gasteiger partial charge in [0, 0.05) is 30.1 Å². The summed E-state index contributed by atoms with van der Waals surface area (Å²) in [4.78, 5) is 14.9. The van der Waals surface area contributed by atoms with Gasteiger partial charge in [-0.1, -0.05) is 18.2 Å². The van der Waals surface area contributed by atoms with E-state index in [1.54, 1.807) is 18.2 Å². The van der Waals surface area contributed by atoms with Gasteiger partial charge in [0.2, 0.25) is 0 Å². The number of nitrogens with zero attached hydrogens (tertiary/aromatic N) is 1. The number of likely N-dealkylation sites (tertiary alicyclic amines) is 1. The fourth-order valence-corrected chi connectivity index (χ4v) is 3.35. The third-order valence-corrected chi connectivity index (χ3v) is 4.70. The van der Waals surface area contributed by atoms with Gasteiger partial charge in [-0.3, -0.25) is 9.69 Å². The van der Waals surface area contributed by atoms with Gasteiger partial charge in [0.1, 0.15) is 5.75 Å². The first kappa shape index (κ1) is 17.4. The molecule has 0 aromatic heterocycles. The Bertz CT molecular complexity index is 762. The molecule has 132 valence electrons. The quantitative estimate of drug-likeness (QED) is 0.842. The molecule has 0 amide bonds. The van der Waals surface area contributed by atoms with Gasteiger partial charge < -0.3 is 9.84 Å². The number of Topliss-reactive ketones (excluding diaryl/α,β-unsaturated/α-hetero) is 1. The van der Waals surface area contributed by atoms with Crippen LogP contribution in [-0.2, 0) is 6.54 Å². The van der Waals surface area contributed by atoms with Crippen LogP contribution in [0.5, 0.6) is 11.5 Å². The molecule has 0 spiro atoms. The van der Waals surface area contributed by atoms with Crippen LogP contribution in [0.3, 0.4) is 0 Å². The summed E-state index contributed by atoms with van der Waals surface area (Å²) in [7, 11) is 1.40.